The first-order valence-electron chi connectivity index (χ1n) is 6.32. The van der Waals surface area contributed by atoms with Crippen molar-refractivity contribution >= 4 is 21.5 Å². The molecule has 1 saturated carbocycles. The summed E-state index contributed by atoms with van der Waals surface area (Å²) in [5, 5.41) is 10.8. The number of hydrogen-bond acceptors (Lipinski definition) is 6. The van der Waals surface area contributed by atoms with Gasteiger partial charge in [0.05, 0.1) is 4.92 Å². The van der Waals surface area contributed by atoms with Crippen molar-refractivity contribution in [2.45, 2.75) is 43.0 Å². The Morgan fingerprint density at radius 2 is 2.00 bits per heavy atom. The second-order valence-electron chi connectivity index (χ2n) is 4.79. The SMILES string of the molecule is Nc1ncc(S(=O)(=O)NC2CCCCC2)cc1[N+](=O)[O-]. The molecule has 1 aliphatic rings. The summed E-state index contributed by atoms with van der Waals surface area (Å²) in [5.74, 6) is -0.299. The number of sulfonamides is 1. The standard InChI is InChI=1S/C11H16N4O4S/c12-11-10(15(16)17)6-9(7-13-11)20(18,19)14-8-4-2-1-3-5-8/h6-8,14H,1-5H2,(H2,12,13). The molecule has 0 saturated heterocycles. The van der Waals surface area contributed by atoms with E-state index in [1.54, 1.807) is 0 Å². The van der Waals surface area contributed by atoms with E-state index in [-0.39, 0.29) is 16.8 Å². The Kier molecular flexibility index (Phi) is 4.19. The average Bonchev–Trinajstić information content (AvgIpc) is 2.39. The summed E-state index contributed by atoms with van der Waals surface area (Å²) < 4.78 is 26.9. The molecular formula is C11H16N4O4S. The maximum Gasteiger partial charge on any atom is 0.312 e. The quantitative estimate of drug-likeness (QED) is 0.634. The molecule has 3 N–H and O–H groups in total. The molecule has 0 spiro atoms. The van der Waals surface area contributed by atoms with Crippen LogP contribution in [-0.2, 0) is 10.0 Å². The lowest BCUT2D eigenvalue weighted by molar-refractivity contribution is -0.384. The lowest BCUT2D eigenvalue weighted by atomic mass is 9.96. The highest BCUT2D eigenvalue weighted by Crippen LogP contribution is 2.24. The van der Waals surface area contributed by atoms with Crippen LogP contribution in [-0.4, -0.2) is 24.4 Å². The van der Waals surface area contributed by atoms with Crippen LogP contribution in [0.5, 0.6) is 0 Å². The number of nitrogens with zero attached hydrogens (tertiary/aromatic N) is 2. The van der Waals surface area contributed by atoms with Gasteiger partial charge in [-0.2, -0.15) is 0 Å². The van der Waals surface area contributed by atoms with Crippen LogP contribution in [0.3, 0.4) is 0 Å². The van der Waals surface area contributed by atoms with Gasteiger partial charge in [-0.3, -0.25) is 10.1 Å². The Morgan fingerprint density at radius 3 is 2.60 bits per heavy atom. The van der Waals surface area contributed by atoms with E-state index in [2.05, 4.69) is 9.71 Å². The van der Waals surface area contributed by atoms with Gasteiger partial charge in [0.25, 0.3) is 0 Å². The van der Waals surface area contributed by atoms with Crippen LogP contribution in [0.15, 0.2) is 17.2 Å². The fourth-order valence-electron chi connectivity index (χ4n) is 2.25. The predicted octanol–water partition coefficient (Wildman–Crippen LogP) is 1.18. The van der Waals surface area contributed by atoms with Gasteiger partial charge in [-0.25, -0.2) is 18.1 Å². The minimum absolute atomic E-state index is 0.120. The van der Waals surface area contributed by atoms with E-state index >= 15 is 0 Å². The molecule has 0 amide bonds. The molecule has 0 unspecified atom stereocenters. The van der Waals surface area contributed by atoms with E-state index in [1.165, 1.54) is 0 Å². The highest BCUT2D eigenvalue weighted by atomic mass is 32.2. The van der Waals surface area contributed by atoms with Crippen LogP contribution in [0.25, 0.3) is 0 Å². The van der Waals surface area contributed by atoms with Crippen molar-refractivity contribution < 1.29 is 13.3 Å². The van der Waals surface area contributed by atoms with Crippen molar-refractivity contribution in [1.29, 1.82) is 0 Å². The van der Waals surface area contributed by atoms with Gasteiger partial charge in [0.2, 0.25) is 15.8 Å². The predicted molar refractivity (Wildman–Crippen MR) is 72.5 cm³/mol. The van der Waals surface area contributed by atoms with Crippen LogP contribution < -0.4 is 10.5 Å². The highest BCUT2D eigenvalue weighted by molar-refractivity contribution is 7.89. The van der Waals surface area contributed by atoms with Crippen LogP contribution in [0, 0.1) is 10.1 Å². The minimum Gasteiger partial charge on any atom is -0.378 e. The Hall–Kier alpha value is -1.74. The first-order valence-corrected chi connectivity index (χ1v) is 7.81. The summed E-state index contributed by atoms with van der Waals surface area (Å²) in [5.41, 5.74) is 4.85. The van der Waals surface area contributed by atoms with Gasteiger partial charge < -0.3 is 5.73 Å². The van der Waals surface area contributed by atoms with Gasteiger partial charge >= 0.3 is 5.69 Å². The van der Waals surface area contributed by atoms with Gasteiger partial charge in [0.1, 0.15) is 4.90 Å². The van der Waals surface area contributed by atoms with Crippen molar-refractivity contribution in [2.24, 2.45) is 0 Å². The van der Waals surface area contributed by atoms with Crippen molar-refractivity contribution in [1.82, 2.24) is 9.71 Å². The number of aromatic nitrogens is 1. The summed E-state index contributed by atoms with van der Waals surface area (Å²) in [6.45, 7) is 0. The molecule has 1 aromatic heterocycles. The Morgan fingerprint density at radius 1 is 1.35 bits per heavy atom. The molecule has 0 aromatic carbocycles. The third kappa shape index (κ3) is 3.23. The lowest BCUT2D eigenvalue weighted by Crippen LogP contribution is -2.36. The van der Waals surface area contributed by atoms with Gasteiger partial charge in [-0.05, 0) is 12.8 Å². The molecule has 0 atom stereocenters. The molecule has 9 heteroatoms. The minimum atomic E-state index is -3.81. The van der Waals surface area contributed by atoms with E-state index in [0.29, 0.717) is 0 Å². The Balaban J connectivity index is 2.24. The number of hydrogen-bond donors (Lipinski definition) is 2. The monoisotopic (exact) mass is 300 g/mol. The van der Waals surface area contributed by atoms with E-state index in [4.69, 9.17) is 5.73 Å². The van der Waals surface area contributed by atoms with Crippen LogP contribution in [0.1, 0.15) is 32.1 Å². The summed E-state index contributed by atoms with van der Waals surface area (Å²) in [7, 11) is -3.81. The molecule has 2 rings (SSSR count). The fraction of sp³-hybridized carbons (Fsp3) is 0.545. The van der Waals surface area contributed by atoms with Crippen LogP contribution >= 0.6 is 0 Å². The summed E-state index contributed by atoms with van der Waals surface area (Å²) in [6.07, 6.45) is 5.66. The van der Waals surface area contributed by atoms with Gasteiger partial charge in [-0.1, -0.05) is 19.3 Å². The molecular weight excluding hydrogens is 284 g/mol. The van der Waals surface area contributed by atoms with Crippen LogP contribution in [0.2, 0.25) is 0 Å². The van der Waals surface area contributed by atoms with Crippen molar-refractivity contribution in [3.8, 4) is 0 Å². The third-order valence-corrected chi connectivity index (χ3v) is 4.79. The van der Waals surface area contributed by atoms with Crippen molar-refractivity contribution in [3.63, 3.8) is 0 Å². The number of anilines is 1. The average molecular weight is 300 g/mol. The zero-order valence-corrected chi connectivity index (χ0v) is 11.6. The number of nitro groups is 1. The van der Waals surface area contributed by atoms with E-state index in [1.807, 2.05) is 0 Å². The summed E-state index contributed by atoms with van der Waals surface area (Å²) in [4.78, 5) is 13.4. The molecule has 110 valence electrons. The summed E-state index contributed by atoms with van der Waals surface area (Å²) in [6, 6.07) is 0.818. The molecule has 20 heavy (non-hydrogen) atoms. The number of pyridine rings is 1. The van der Waals surface area contributed by atoms with Gasteiger partial charge in [0, 0.05) is 18.3 Å². The highest BCUT2D eigenvalue weighted by Gasteiger charge is 2.25. The smallest absolute Gasteiger partial charge is 0.312 e. The maximum absolute atomic E-state index is 12.2. The van der Waals surface area contributed by atoms with Crippen molar-refractivity contribution in [2.75, 3.05) is 5.73 Å². The molecule has 1 aromatic rings. The first-order chi connectivity index (χ1) is 9.40. The molecule has 0 radical (unpaired) electrons. The lowest BCUT2D eigenvalue weighted by Gasteiger charge is -2.22. The first kappa shape index (κ1) is 14.7. The molecule has 8 nitrogen and oxygen atoms in total. The molecule has 1 aliphatic carbocycles. The molecule has 1 fully saturated rings. The second kappa shape index (κ2) is 5.71. The number of nitrogens with one attached hydrogen (secondary N) is 1. The molecule has 0 bridgehead atoms. The molecule has 0 aliphatic heterocycles. The third-order valence-electron chi connectivity index (χ3n) is 3.31. The zero-order chi connectivity index (χ0) is 14.8. The molecule has 1 heterocycles. The second-order valence-corrected chi connectivity index (χ2v) is 6.50. The topological polar surface area (TPSA) is 128 Å². The van der Waals surface area contributed by atoms with Crippen LogP contribution in [0.4, 0.5) is 11.5 Å². The number of nitrogen functional groups attached to an aromatic ring is 1. The van der Waals surface area contributed by atoms with E-state index in [0.717, 1.165) is 44.4 Å². The van der Waals surface area contributed by atoms with Crippen molar-refractivity contribution in [3.05, 3.63) is 22.4 Å². The number of rotatable bonds is 4. The number of nitrogens with two attached hydrogens (primary N) is 1. The Bertz CT molecular complexity index is 611. The van der Waals surface area contributed by atoms with E-state index in [9.17, 15) is 18.5 Å². The summed E-state index contributed by atoms with van der Waals surface area (Å²) >= 11 is 0. The van der Waals surface area contributed by atoms with Gasteiger partial charge in [0.15, 0.2) is 0 Å². The fourth-order valence-corrected chi connectivity index (χ4v) is 3.52. The maximum atomic E-state index is 12.2. The Labute approximate surface area is 116 Å². The van der Waals surface area contributed by atoms with E-state index < -0.39 is 20.6 Å². The largest absolute Gasteiger partial charge is 0.378 e. The normalized spacial score (nSPS) is 17.0. The van der Waals surface area contributed by atoms with Gasteiger partial charge in [-0.15, -0.1) is 0 Å². The zero-order valence-electron chi connectivity index (χ0n) is 10.8.